The number of hydrogen-bond acceptors (Lipinski definition) is 3. The summed E-state index contributed by atoms with van der Waals surface area (Å²) in [6, 6.07) is 0. The van der Waals surface area contributed by atoms with Gasteiger partial charge in [-0.1, -0.05) is 23.2 Å². The Bertz CT molecular complexity index is 186. The number of ketones is 1. The molecule has 0 rings (SSSR count). The third-order valence-corrected chi connectivity index (χ3v) is 1.23. The molecule has 0 aromatic heterocycles. The summed E-state index contributed by atoms with van der Waals surface area (Å²) < 4.78 is 4.22. The van der Waals surface area contributed by atoms with Gasteiger partial charge in [-0.05, 0) is 6.08 Å². The zero-order valence-electron chi connectivity index (χ0n) is 5.71. The third-order valence-electron chi connectivity index (χ3n) is 0.800. The monoisotopic (exact) mass is 196 g/mol. The van der Waals surface area contributed by atoms with Gasteiger partial charge in [0.1, 0.15) is 0 Å². The van der Waals surface area contributed by atoms with Crippen LogP contribution < -0.4 is 0 Å². The van der Waals surface area contributed by atoms with Crippen LogP contribution in [0.25, 0.3) is 0 Å². The average molecular weight is 197 g/mol. The van der Waals surface area contributed by atoms with Crippen molar-refractivity contribution in [2.45, 2.75) is 4.84 Å². The molecule has 62 valence electrons. The van der Waals surface area contributed by atoms with E-state index in [9.17, 15) is 9.59 Å². The van der Waals surface area contributed by atoms with Crippen molar-refractivity contribution in [3.8, 4) is 0 Å². The molecule has 0 aromatic carbocycles. The van der Waals surface area contributed by atoms with E-state index < -0.39 is 16.6 Å². The Hall–Kier alpha value is -0.540. The number of rotatable bonds is 3. The van der Waals surface area contributed by atoms with Gasteiger partial charge in [-0.2, -0.15) is 0 Å². The summed E-state index contributed by atoms with van der Waals surface area (Å²) >= 11 is 10.3. The molecule has 0 aromatic rings. The molecule has 0 unspecified atom stereocenters. The minimum absolute atomic E-state index is 0.543. The normalized spacial score (nSPS) is 10.5. The van der Waals surface area contributed by atoms with Crippen LogP contribution in [0.2, 0.25) is 0 Å². The van der Waals surface area contributed by atoms with E-state index in [4.69, 9.17) is 23.2 Å². The Morgan fingerprint density at radius 3 is 2.27 bits per heavy atom. The lowest BCUT2D eigenvalue weighted by Gasteiger charge is -1.91. The Kier molecular flexibility index (Phi) is 4.90. The van der Waals surface area contributed by atoms with Crippen LogP contribution in [-0.2, 0) is 14.3 Å². The van der Waals surface area contributed by atoms with Gasteiger partial charge in [-0.25, -0.2) is 4.79 Å². The quantitative estimate of drug-likeness (QED) is 0.386. The van der Waals surface area contributed by atoms with Crippen molar-refractivity contribution in [1.29, 1.82) is 0 Å². The SMILES string of the molecule is COC(=O)/C=C/C(=O)C(Cl)Cl. The lowest BCUT2D eigenvalue weighted by molar-refractivity contribution is -0.135. The molecule has 0 fully saturated rings. The fourth-order valence-corrected chi connectivity index (χ4v) is 0.436. The molecule has 0 N–H and O–H groups in total. The van der Waals surface area contributed by atoms with E-state index >= 15 is 0 Å². The Morgan fingerprint density at radius 2 is 1.91 bits per heavy atom. The smallest absolute Gasteiger partial charge is 0.330 e. The van der Waals surface area contributed by atoms with Crippen molar-refractivity contribution in [2.75, 3.05) is 7.11 Å². The number of alkyl halides is 2. The zero-order valence-corrected chi connectivity index (χ0v) is 7.22. The molecule has 0 atom stereocenters. The molecular weight excluding hydrogens is 191 g/mol. The van der Waals surface area contributed by atoms with Gasteiger partial charge in [0.15, 0.2) is 10.6 Å². The molecule has 0 saturated heterocycles. The maximum absolute atomic E-state index is 10.6. The molecule has 0 saturated carbocycles. The second-order valence-corrected chi connectivity index (χ2v) is 2.66. The average Bonchev–Trinajstić information content (AvgIpc) is 1.99. The first-order chi connectivity index (χ1) is 5.07. The number of allylic oxidation sites excluding steroid dienone is 1. The summed E-state index contributed by atoms with van der Waals surface area (Å²) in [4.78, 5) is 19.9. The maximum Gasteiger partial charge on any atom is 0.330 e. The van der Waals surface area contributed by atoms with Crippen LogP contribution in [-0.4, -0.2) is 23.7 Å². The summed E-state index contributed by atoms with van der Waals surface area (Å²) in [5.41, 5.74) is 0. The van der Waals surface area contributed by atoms with Crippen molar-refractivity contribution >= 4 is 35.0 Å². The molecule has 3 nitrogen and oxygen atoms in total. The van der Waals surface area contributed by atoms with Gasteiger partial charge < -0.3 is 4.74 Å². The number of halogens is 2. The van der Waals surface area contributed by atoms with Gasteiger partial charge in [-0.15, -0.1) is 0 Å². The second-order valence-electron chi connectivity index (χ2n) is 1.56. The number of carbonyl (C=O) groups is 2. The van der Waals surface area contributed by atoms with E-state index in [-0.39, 0.29) is 0 Å². The highest BCUT2D eigenvalue weighted by atomic mass is 35.5. The van der Waals surface area contributed by atoms with Crippen molar-refractivity contribution in [3.05, 3.63) is 12.2 Å². The predicted molar refractivity (Wildman–Crippen MR) is 41.7 cm³/mol. The van der Waals surface area contributed by atoms with Crippen LogP contribution in [0, 0.1) is 0 Å². The summed E-state index contributed by atoms with van der Waals surface area (Å²) in [6.45, 7) is 0. The zero-order chi connectivity index (χ0) is 8.85. The summed E-state index contributed by atoms with van der Waals surface area (Å²) in [5.74, 6) is -1.16. The highest BCUT2D eigenvalue weighted by Crippen LogP contribution is 2.03. The van der Waals surface area contributed by atoms with Gasteiger partial charge in [0.2, 0.25) is 0 Å². The largest absolute Gasteiger partial charge is 0.466 e. The Labute approximate surface area is 73.9 Å². The molecule has 0 aliphatic rings. The minimum atomic E-state index is -1.13. The van der Waals surface area contributed by atoms with E-state index in [1.165, 1.54) is 7.11 Å². The lowest BCUT2D eigenvalue weighted by Crippen LogP contribution is -2.04. The molecule has 0 aliphatic heterocycles. The van der Waals surface area contributed by atoms with Gasteiger partial charge >= 0.3 is 5.97 Å². The van der Waals surface area contributed by atoms with Crippen LogP contribution in [0.15, 0.2) is 12.2 Å². The van der Waals surface area contributed by atoms with Gasteiger partial charge in [0.05, 0.1) is 7.11 Å². The lowest BCUT2D eigenvalue weighted by atomic mass is 10.4. The van der Waals surface area contributed by atoms with E-state index in [1.54, 1.807) is 0 Å². The van der Waals surface area contributed by atoms with Gasteiger partial charge in [-0.3, -0.25) is 4.79 Å². The van der Waals surface area contributed by atoms with E-state index in [1.807, 2.05) is 0 Å². The Balaban J connectivity index is 3.93. The minimum Gasteiger partial charge on any atom is -0.466 e. The van der Waals surface area contributed by atoms with Gasteiger partial charge in [0.25, 0.3) is 0 Å². The number of ether oxygens (including phenoxy) is 1. The Morgan fingerprint density at radius 1 is 1.36 bits per heavy atom. The standard InChI is InChI=1S/C6H6Cl2O3/c1-11-5(10)3-2-4(9)6(7)8/h2-3,6H,1H3/b3-2+. The molecule has 0 spiro atoms. The van der Waals surface area contributed by atoms with Crippen molar-refractivity contribution in [3.63, 3.8) is 0 Å². The second kappa shape index (κ2) is 5.16. The fraction of sp³-hybridized carbons (Fsp3) is 0.333. The highest BCUT2D eigenvalue weighted by Gasteiger charge is 2.07. The molecule has 0 aliphatic carbocycles. The molecule has 11 heavy (non-hydrogen) atoms. The van der Waals surface area contributed by atoms with Crippen LogP contribution in [0.1, 0.15) is 0 Å². The van der Waals surface area contributed by atoms with Crippen molar-refractivity contribution < 1.29 is 14.3 Å². The highest BCUT2D eigenvalue weighted by molar-refractivity contribution is 6.54. The van der Waals surface area contributed by atoms with Crippen LogP contribution in [0.4, 0.5) is 0 Å². The van der Waals surface area contributed by atoms with E-state index in [0.29, 0.717) is 0 Å². The predicted octanol–water partition coefficient (Wildman–Crippen LogP) is 1.09. The van der Waals surface area contributed by atoms with Crippen LogP contribution in [0.5, 0.6) is 0 Å². The number of methoxy groups -OCH3 is 1. The molecule has 0 amide bonds. The van der Waals surface area contributed by atoms with Crippen LogP contribution >= 0.6 is 23.2 Å². The fourth-order valence-electron chi connectivity index (χ4n) is 0.291. The van der Waals surface area contributed by atoms with E-state index in [2.05, 4.69) is 4.74 Å². The maximum atomic E-state index is 10.6. The summed E-state index contributed by atoms with van der Waals surface area (Å²) in [5, 5.41) is 0. The van der Waals surface area contributed by atoms with Gasteiger partial charge in [0, 0.05) is 6.08 Å². The number of carbonyl (C=O) groups excluding carboxylic acids is 2. The molecule has 0 radical (unpaired) electrons. The number of esters is 1. The summed E-state index contributed by atoms with van der Waals surface area (Å²) in [7, 11) is 1.20. The first-order valence-electron chi connectivity index (χ1n) is 2.66. The summed E-state index contributed by atoms with van der Waals surface area (Å²) in [6.07, 6.45) is 1.93. The molecule has 0 heterocycles. The van der Waals surface area contributed by atoms with E-state index in [0.717, 1.165) is 12.2 Å². The van der Waals surface area contributed by atoms with Crippen molar-refractivity contribution in [1.82, 2.24) is 0 Å². The first-order valence-corrected chi connectivity index (χ1v) is 3.53. The molecule has 0 bridgehead atoms. The molecular formula is C6H6Cl2O3. The van der Waals surface area contributed by atoms with Crippen molar-refractivity contribution in [2.24, 2.45) is 0 Å². The molecule has 5 heteroatoms. The third kappa shape index (κ3) is 4.81. The first kappa shape index (κ1) is 10.5. The van der Waals surface area contributed by atoms with Crippen LogP contribution in [0.3, 0.4) is 0 Å². The number of hydrogen-bond donors (Lipinski definition) is 0. The topological polar surface area (TPSA) is 43.4 Å².